The Kier molecular flexibility index (Phi) is 6.09. The normalized spacial score (nSPS) is 23.7. The van der Waals surface area contributed by atoms with Crippen LogP contribution < -0.4 is 5.32 Å². The van der Waals surface area contributed by atoms with Gasteiger partial charge in [-0.3, -0.25) is 14.4 Å². The number of nitrogens with zero attached hydrogens (tertiary/aromatic N) is 2. The van der Waals surface area contributed by atoms with E-state index in [0.29, 0.717) is 43.8 Å². The highest BCUT2D eigenvalue weighted by Gasteiger charge is 2.53. The second-order valence-electron chi connectivity index (χ2n) is 9.98. The molecule has 168 valence electrons. The number of likely N-dealkylation sites (N-methyl/N-ethyl adjacent to an activating group) is 1. The highest BCUT2D eigenvalue weighted by molar-refractivity contribution is 5.96. The fraction of sp³-hybridized carbons (Fsp3) is 0.640. The fourth-order valence-electron chi connectivity index (χ4n) is 5.50. The molecule has 0 bridgehead atoms. The maximum atomic E-state index is 13.1. The molecule has 1 atom stereocenters. The highest BCUT2D eigenvalue weighted by Crippen LogP contribution is 2.44. The van der Waals surface area contributed by atoms with E-state index in [1.165, 1.54) is 18.4 Å². The highest BCUT2D eigenvalue weighted by atomic mass is 16.2. The first kappa shape index (κ1) is 21.8. The summed E-state index contributed by atoms with van der Waals surface area (Å²) in [6.07, 6.45) is 6.22. The van der Waals surface area contributed by atoms with Gasteiger partial charge in [0.2, 0.25) is 11.8 Å². The third kappa shape index (κ3) is 4.21. The van der Waals surface area contributed by atoms with Crippen molar-refractivity contribution in [3.8, 4) is 0 Å². The van der Waals surface area contributed by atoms with E-state index in [1.54, 1.807) is 11.9 Å². The Bertz CT molecular complexity index is 834. The first-order valence-corrected chi connectivity index (χ1v) is 11.8. The Hall–Kier alpha value is -2.37. The molecule has 3 aliphatic rings. The van der Waals surface area contributed by atoms with Gasteiger partial charge in [-0.25, -0.2) is 0 Å². The molecule has 0 radical (unpaired) electrons. The van der Waals surface area contributed by atoms with Crippen molar-refractivity contribution < 1.29 is 14.4 Å². The van der Waals surface area contributed by atoms with Crippen molar-refractivity contribution in [3.63, 3.8) is 0 Å². The van der Waals surface area contributed by atoms with Crippen LogP contribution in [-0.2, 0) is 9.59 Å². The van der Waals surface area contributed by atoms with Crippen molar-refractivity contribution in [1.29, 1.82) is 0 Å². The van der Waals surface area contributed by atoms with Gasteiger partial charge in [0.15, 0.2) is 0 Å². The van der Waals surface area contributed by atoms with Crippen LogP contribution in [0.5, 0.6) is 0 Å². The zero-order valence-corrected chi connectivity index (χ0v) is 19.0. The van der Waals surface area contributed by atoms with Gasteiger partial charge in [0, 0.05) is 31.7 Å². The zero-order chi connectivity index (χ0) is 22.2. The predicted molar refractivity (Wildman–Crippen MR) is 120 cm³/mol. The Morgan fingerprint density at radius 3 is 2.26 bits per heavy atom. The van der Waals surface area contributed by atoms with Crippen LogP contribution in [0.25, 0.3) is 0 Å². The number of carbonyl (C=O) groups excluding carboxylic acids is 3. The molecule has 2 aliphatic heterocycles. The first-order valence-electron chi connectivity index (χ1n) is 11.8. The summed E-state index contributed by atoms with van der Waals surface area (Å²) >= 11 is 0. The van der Waals surface area contributed by atoms with Crippen LogP contribution in [0.1, 0.15) is 80.6 Å². The van der Waals surface area contributed by atoms with Crippen LogP contribution in [0.4, 0.5) is 0 Å². The lowest BCUT2D eigenvalue weighted by molar-refractivity contribution is -0.139. The van der Waals surface area contributed by atoms with Crippen LogP contribution in [0.15, 0.2) is 24.3 Å². The lowest BCUT2D eigenvalue weighted by Crippen LogP contribution is -2.46. The van der Waals surface area contributed by atoms with Crippen LogP contribution in [0.3, 0.4) is 0 Å². The SMILES string of the molecule is CC(C)c1ccc(C(=O)N2CCC3(CC2)CC(C(=O)NC2CCCC2)N(C)C3=O)cc1. The average Bonchev–Trinajstić information content (AvgIpc) is 3.37. The largest absolute Gasteiger partial charge is 0.352 e. The molecule has 2 heterocycles. The van der Waals surface area contributed by atoms with E-state index in [9.17, 15) is 14.4 Å². The molecular weight excluding hydrogens is 390 g/mol. The third-order valence-corrected chi connectivity index (χ3v) is 7.66. The Morgan fingerprint density at radius 1 is 1.06 bits per heavy atom. The predicted octanol–water partition coefficient (Wildman–Crippen LogP) is 3.32. The summed E-state index contributed by atoms with van der Waals surface area (Å²) in [4.78, 5) is 42.4. The van der Waals surface area contributed by atoms with E-state index in [0.717, 1.165) is 12.8 Å². The monoisotopic (exact) mass is 425 g/mol. The Balaban J connectivity index is 1.38. The molecule has 6 heteroatoms. The summed E-state index contributed by atoms with van der Waals surface area (Å²) in [7, 11) is 1.75. The molecule has 1 saturated carbocycles. The van der Waals surface area contributed by atoms with Gasteiger partial charge in [0.05, 0.1) is 5.41 Å². The molecule has 3 fully saturated rings. The van der Waals surface area contributed by atoms with E-state index in [-0.39, 0.29) is 29.8 Å². The minimum Gasteiger partial charge on any atom is -0.352 e. The molecule has 1 aromatic carbocycles. The molecule has 1 N–H and O–H groups in total. The fourth-order valence-corrected chi connectivity index (χ4v) is 5.50. The van der Waals surface area contributed by atoms with E-state index in [2.05, 4.69) is 19.2 Å². The number of hydrogen-bond acceptors (Lipinski definition) is 3. The first-order chi connectivity index (χ1) is 14.8. The zero-order valence-electron chi connectivity index (χ0n) is 19.0. The molecule has 1 aliphatic carbocycles. The molecule has 3 amide bonds. The minimum atomic E-state index is -0.509. The van der Waals surface area contributed by atoms with Crippen molar-refractivity contribution in [3.05, 3.63) is 35.4 Å². The van der Waals surface area contributed by atoms with Crippen LogP contribution >= 0.6 is 0 Å². The smallest absolute Gasteiger partial charge is 0.253 e. The molecule has 31 heavy (non-hydrogen) atoms. The topological polar surface area (TPSA) is 69.7 Å². The number of rotatable bonds is 4. The third-order valence-electron chi connectivity index (χ3n) is 7.66. The van der Waals surface area contributed by atoms with Crippen molar-refractivity contribution in [2.24, 2.45) is 5.41 Å². The number of amides is 3. The lowest BCUT2D eigenvalue weighted by atomic mass is 9.75. The molecule has 1 spiro atoms. The van der Waals surface area contributed by atoms with E-state index >= 15 is 0 Å². The van der Waals surface area contributed by atoms with Gasteiger partial charge in [0.1, 0.15) is 6.04 Å². The number of benzene rings is 1. The summed E-state index contributed by atoms with van der Waals surface area (Å²) in [5.41, 5.74) is 1.41. The quantitative estimate of drug-likeness (QED) is 0.805. The number of carbonyl (C=O) groups is 3. The van der Waals surface area contributed by atoms with Gasteiger partial charge in [-0.05, 0) is 55.7 Å². The number of piperidine rings is 1. The average molecular weight is 426 g/mol. The number of nitrogens with one attached hydrogen (secondary N) is 1. The molecule has 1 unspecified atom stereocenters. The van der Waals surface area contributed by atoms with E-state index < -0.39 is 5.41 Å². The van der Waals surface area contributed by atoms with Gasteiger partial charge < -0.3 is 15.1 Å². The van der Waals surface area contributed by atoms with Crippen molar-refractivity contribution in [2.75, 3.05) is 20.1 Å². The summed E-state index contributed by atoms with van der Waals surface area (Å²) in [5.74, 6) is 0.512. The number of hydrogen-bond donors (Lipinski definition) is 1. The van der Waals surface area contributed by atoms with Gasteiger partial charge in [-0.15, -0.1) is 0 Å². The number of likely N-dealkylation sites (tertiary alicyclic amines) is 2. The van der Waals surface area contributed by atoms with Crippen molar-refractivity contribution >= 4 is 17.7 Å². The van der Waals surface area contributed by atoms with Gasteiger partial charge in [-0.1, -0.05) is 38.8 Å². The summed E-state index contributed by atoms with van der Waals surface area (Å²) in [6, 6.07) is 7.71. The summed E-state index contributed by atoms with van der Waals surface area (Å²) in [6.45, 7) is 5.39. The van der Waals surface area contributed by atoms with Crippen LogP contribution in [0.2, 0.25) is 0 Å². The Morgan fingerprint density at radius 2 is 1.68 bits per heavy atom. The minimum absolute atomic E-state index is 0.0108. The van der Waals surface area contributed by atoms with Gasteiger partial charge in [-0.2, -0.15) is 0 Å². The standard InChI is InChI=1S/C25H35N3O3/c1-17(2)18-8-10-19(11-9-18)23(30)28-14-12-25(13-15-28)16-21(27(3)24(25)31)22(29)26-20-6-4-5-7-20/h8-11,17,20-21H,4-7,12-16H2,1-3H3,(H,26,29). The van der Waals surface area contributed by atoms with Crippen LogP contribution in [-0.4, -0.2) is 59.7 Å². The summed E-state index contributed by atoms with van der Waals surface area (Å²) < 4.78 is 0. The Labute approximate surface area is 185 Å². The molecule has 1 aromatic rings. The molecular formula is C25H35N3O3. The molecule has 2 saturated heterocycles. The maximum absolute atomic E-state index is 13.1. The second-order valence-corrected chi connectivity index (χ2v) is 9.98. The van der Waals surface area contributed by atoms with Crippen LogP contribution in [0, 0.1) is 5.41 Å². The van der Waals surface area contributed by atoms with Gasteiger partial charge in [0.25, 0.3) is 5.91 Å². The van der Waals surface area contributed by atoms with Crippen molar-refractivity contribution in [1.82, 2.24) is 15.1 Å². The van der Waals surface area contributed by atoms with Gasteiger partial charge >= 0.3 is 0 Å². The lowest BCUT2D eigenvalue weighted by Gasteiger charge is -2.37. The molecule has 4 rings (SSSR count). The van der Waals surface area contributed by atoms with E-state index in [4.69, 9.17) is 0 Å². The molecule has 6 nitrogen and oxygen atoms in total. The van der Waals surface area contributed by atoms with Crippen molar-refractivity contribution in [2.45, 2.75) is 76.8 Å². The van der Waals surface area contributed by atoms with E-state index in [1.807, 2.05) is 29.2 Å². The maximum Gasteiger partial charge on any atom is 0.253 e. The molecule has 0 aromatic heterocycles. The summed E-state index contributed by atoms with van der Waals surface area (Å²) in [5, 5.41) is 3.16. The second kappa shape index (κ2) is 8.64.